The zero-order chi connectivity index (χ0) is 26.1. The van der Waals surface area contributed by atoms with Crippen LogP contribution in [0.3, 0.4) is 0 Å². The Labute approximate surface area is 206 Å². The number of allylic oxidation sites excluding steroid dienone is 5. The van der Waals surface area contributed by atoms with Gasteiger partial charge in [-0.05, 0) is 58.2 Å². The Balaban J connectivity index is 2.37. The number of benzene rings is 2. The van der Waals surface area contributed by atoms with Gasteiger partial charge in [-0.1, -0.05) is 49.3 Å². The predicted molar refractivity (Wildman–Crippen MR) is 142 cm³/mol. The van der Waals surface area contributed by atoms with E-state index >= 15 is 0 Å². The molecule has 0 aliphatic heterocycles. The molecule has 1 aromatic heterocycles. The Morgan fingerprint density at radius 2 is 1.57 bits per heavy atom. The lowest BCUT2D eigenvalue weighted by Gasteiger charge is -2.22. The largest absolute Gasteiger partial charge is 0.508 e. The van der Waals surface area contributed by atoms with Crippen molar-refractivity contribution in [3.8, 4) is 28.4 Å². The Kier molecular flexibility index (Phi) is 7.30. The molecule has 35 heavy (non-hydrogen) atoms. The lowest BCUT2D eigenvalue weighted by Crippen LogP contribution is -2.14. The summed E-state index contributed by atoms with van der Waals surface area (Å²) in [6, 6.07) is 4.92. The molecule has 3 rings (SSSR count). The molecule has 0 fully saturated rings. The van der Waals surface area contributed by atoms with Crippen LogP contribution in [0.4, 0.5) is 0 Å². The van der Waals surface area contributed by atoms with E-state index in [1.165, 1.54) is 12.3 Å². The van der Waals surface area contributed by atoms with Crippen molar-refractivity contribution >= 4 is 11.0 Å². The third-order valence-electron chi connectivity index (χ3n) is 6.30. The Bertz CT molecular complexity index is 1410. The molecule has 0 saturated heterocycles. The molecule has 0 aliphatic carbocycles. The normalized spacial score (nSPS) is 11.4. The van der Waals surface area contributed by atoms with Crippen LogP contribution < -0.4 is 5.43 Å². The van der Waals surface area contributed by atoms with Crippen LogP contribution >= 0.6 is 0 Å². The van der Waals surface area contributed by atoms with E-state index in [4.69, 9.17) is 4.42 Å². The summed E-state index contributed by atoms with van der Waals surface area (Å²) in [7, 11) is 0. The van der Waals surface area contributed by atoms with Crippen molar-refractivity contribution < 1.29 is 19.7 Å². The molecule has 184 valence electrons. The summed E-state index contributed by atoms with van der Waals surface area (Å²) in [5.74, 6) is -0.248. The van der Waals surface area contributed by atoms with Gasteiger partial charge in [0, 0.05) is 22.1 Å². The molecule has 3 N–H and O–H groups in total. The van der Waals surface area contributed by atoms with E-state index in [-0.39, 0.29) is 40.2 Å². The summed E-state index contributed by atoms with van der Waals surface area (Å²) >= 11 is 0. The van der Waals surface area contributed by atoms with Crippen molar-refractivity contribution in [1.29, 1.82) is 0 Å². The van der Waals surface area contributed by atoms with E-state index in [0.29, 0.717) is 28.7 Å². The van der Waals surface area contributed by atoms with Crippen LogP contribution in [0.2, 0.25) is 0 Å². The predicted octanol–water partition coefficient (Wildman–Crippen LogP) is 7.06. The van der Waals surface area contributed by atoms with Gasteiger partial charge < -0.3 is 19.7 Å². The molecule has 0 spiro atoms. The number of hydrogen-bond acceptors (Lipinski definition) is 5. The first-order chi connectivity index (χ1) is 16.4. The van der Waals surface area contributed by atoms with E-state index in [1.807, 2.05) is 53.7 Å². The van der Waals surface area contributed by atoms with Gasteiger partial charge in [0.1, 0.15) is 34.5 Å². The maximum absolute atomic E-state index is 13.7. The van der Waals surface area contributed by atoms with Crippen molar-refractivity contribution in [2.24, 2.45) is 0 Å². The van der Waals surface area contributed by atoms with Crippen LogP contribution in [0.5, 0.6) is 17.2 Å². The minimum atomic E-state index is -0.528. The van der Waals surface area contributed by atoms with Gasteiger partial charge in [-0.15, -0.1) is 6.58 Å². The second-order valence-electron chi connectivity index (χ2n) is 9.97. The number of hydrogen-bond donors (Lipinski definition) is 3. The summed E-state index contributed by atoms with van der Waals surface area (Å²) in [5, 5.41) is 32.6. The smallest absolute Gasteiger partial charge is 0.204 e. The maximum atomic E-state index is 13.7. The molecule has 0 unspecified atom stereocenters. The topological polar surface area (TPSA) is 90.9 Å². The lowest BCUT2D eigenvalue weighted by molar-refractivity contribution is 0.438. The van der Waals surface area contributed by atoms with E-state index in [2.05, 4.69) is 6.58 Å². The summed E-state index contributed by atoms with van der Waals surface area (Å²) < 4.78 is 5.92. The minimum Gasteiger partial charge on any atom is -0.508 e. The Hall–Kier alpha value is -3.73. The van der Waals surface area contributed by atoms with Crippen molar-refractivity contribution in [2.75, 3.05) is 0 Å². The van der Waals surface area contributed by atoms with Gasteiger partial charge in [-0.3, -0.25) is 4.79 Å². The van der Waals surface area contributed by atoms with Crippen LogP contribution in [0, 0.1) is 0 Å². The first-order valence-corrected chi connectivity index (χ1v) is 11.6. The zero-order valence-corrected chi connectivity index (χ0v) is 21.3. The van der Waals surface area contributed by atoms with Crippen LogP contribution in [0.15, 0.2) is 69.6 Å². The summed E-state index contributed by atoms with van der Waals surface area (Å²) in [6.45, 7) is 15.4. The number of fused-ring (bicyclic) bond motifs is 1. The van der Waals surface area contributed by atoms with Gasteiger partial charge >= 0.3 is 0 Å². The highest BCUT2D eigenvalue weighted by molar-refractivity contribution is 5.92. The van der Waals surface area contributed by atoms with Crippen LogP contribution in [0.1, 0.15) is 58.2 Å². The Morgan fingerprint density at radius 1 is 0.971 bits per heavy atom. The molecule has 0 bridgehead atoms. The summed E-state index contributed by atoms with van der Waals surface area (Å²) in [6.07, 6.45) is 7.54. The zero-order valence-electron chi connectivity index (χ0n) is 21.3. The van der Waals surface area contributed by atoms with Crippen LogP contribution in [-0.2, 0) is 18.3 Å². The first kappa shape index (κ1) is 25.9. The minimum absolute atomic E-state index is 0.0345. The maximum Gasteiger partial charge on any atom is 0.204 e. The molecule has 5 nitrogen and oxygen atoms in total. The third kappa shape index (κ3) is 5.04. The summed E-state index contributed by atoms with van der Waals surface area (Å²) in [4.78, 5) is 13.7. The number of phenolic OH excluding ortho intramolecular Hbond substituents is 3. The fourth-order valence-electron chi connectivity index (χ4n) is 3.98. The summed E-state index contributed by atoms with van der Waals surface area (Å²) in [5.41, 5.74) is 3.47. The van der Waals surface area contributed by atoms with Crippen molar-refractivity contribution in [1.82, 2.24) is 0 Å². The molecule has 3 aromatic rings. The highest BCUT2D eigenvalue weighted by atomic mass is 16.3. The average molecular weight is 475 g/mol. The van der Waals surface area contributed by atoms with Crippen molar-refractivity contribution in [2.45, 2.75) is 59.8 Å². The molecule has 5 heteroatoms. The average Bonchev–Trinajstić information content (AvgIpc) is 2.78. The van der Waals surface area contributed by atoms with Crippen molar-refractivity contribution in [3.05, 3.63) is 87.3 Å². The molecule has 0 radical (unpaired) electrons. The van der Waals surface area contributed by atoms with E-state index < -0.39 is 10.8 Å². The van der Waals surface area contributed by atoms with Gasteiger partial charge in [-0.2, -0.15) is 0 Å². The van der Waals surface area contributed by atoms with Gasteiger partial charge in [0.25, 0.3) is 0 Å². The second kappa shape index (κ2) is 9.87. The fourth-order valence-corrected chi connectivity index (χ4v) is 3.98. The highest BCUT2D eigenvalue weighted by Gasteiger charge is 2.25. The molecule has 0 aliphatic rings. The fraction of sp³-hybridized carbons (Fsp3) is 0.300. The lowest BCUT2D eigenvalue weighted by atomic mass is 9.83. The van der Waals surface area contributed by atoms with E-state index in [9.17, 15) is 20.1 Å². The molecule has 0 atom stereocenters. The molecule has 0 amide bonds. The SMILES string of the molecule is C=CC(C)(C)c1cc(-c2coc3c(CC=C(C)C)c(O)c(CC=C(C)C)c(O)c3c2=O)ccc1O. The standard InChI is InChI=1S/C30H34O5/c1-8-30(6,7)23-15-19(11-14-24(23)31)22-16-35-29-21(13-10-18(4)5)26(32)20(12-9-17(2)3)27(33)25(29)28(22)34/h8-11,14-16,31-33H,1,12-13H2,2-7H3. The van der Waals surface area contributed by atoms with Crippen LogP contribution in [0.25, 0.3) is 22.1 Å². The third-order valence-corrected chi connectivity index (χ3v) is 6.30. The molecule has 1 heterocycles. The molecule has 2 aromatic carbocycles. The number of rotatable bonds is 7. The second-order valence-corrected chi connectivity index (χ2v) is 9.97. The van der Waals surface area contributed by atoms with Gasteiger partial charge in [0.05, 0.1) is 5.56 Å². The van der Waals surface area contributed by atoms with Gasteiger partial charge in [0.15, 0.2) is 0 Å². The Morgan fingerprint density at radius 3 is 2.14 bits per heavy atom. The molecule has 0 saturated carbocycles. The van der Waals surface area contributed by atoms with Gasteiger partial charge in [-0.25, -0.2) is 0 Å². The first-order valence-electron chi connectivity index (χ1n) is 11.6. The highest BCUT2D eigenvalue weighted by Crippen LogP contribution is 2.41. The quantitative estimate of drug-likeness (QED) is 0.319. The van der Waals surface area contributed by atoms with E-state index in [0.717, 1.165) is 11.1 Å². The molecular formula is C30H34O5. The van der Waals surface area contributed by atoms with E-state index in [1.54, 1.807) is 18.2 Å². The number of phenols is 3. The molecular weight excluding hydrogens is 440 g/mol. The van der Waals surface area contributed by atoms with Crippen molar-refractivity contribution in [3.63, 3.8) is 0 Å². The number of aromatic hydroxyl groups is 3. The monoisotopic (exact) mass is 474 g/mol. The van der Waals surface area contributed by atoms with Crippen LogP contribution in [-0.4, -0.2) is 15.3 Å². The van der Waals surface area contributed by atoms with Gasteiger partial charge in [0.2, 0.25) is 5.43 Å².